The van der Waals surface area contributed by atoms with E-state index in [1.807, 2.05) is 19.1 Å². The third kappa shape index (κ3) is 5.25. The molecular formula is C15H27N3O2. The maximum atomic E-state index is 5.86. The van der Waals surface area contributed by atoms with E-state index in [2.05, 4.69) is 31.1 Å². The van der Waals surface area contributed by atoms with Gasteiger partial charge in [-0.05, 0) is 31.4 Å². The third-order valence-electron chi connectivity index (χ3n) is 2.97. The number of anilines is 2. The fourth-order valence-corrected chi connectivity index (χ4v) is 1.68. The standard InChI is InChI=1S/C15H27N3O2/c1-5-9-20-15-12(16)7-8-14(18-15)17-13(11(3)4)10-19-6-2/h7-8,11,13H,5-6,9-10,16H2,1-4H3,(H,17,18). The molecular weight excluding hydrogens is 254 g/mol. The smallest absolute Gasteiger partial charge is 0.239 e. The normalized spacial score (nSPS) is 12.4. The van der Waals surface area contributed by atoms with Crippen molar-refractivity contribution >= 4 is 11.5 Å². The SMILES string of the molecule is CCCOc1nc(NC(COCC)C(C)C)ccc1N. The van der Waals surface area contributed by atoms with E-state index in [-0.39, 0.29) is 6.04 Å². The fraction of sp³-hybridized carbons (Fsp3) is 0.667. The number of rotatable bonds is 9. The van der Waals surface area contributed by atoms with Crippen molar-refractivity contribution in [3.05, 3.63) is 12.1 Å². The van der Waals surface area contributed by atoms with E-state index < -0.39 is 0 Å². The average Bonchev–Trinajstić information content (AvgIpc) is 2.43. The van der Waals surface area contributed by atoms with Gasteiger partial charge in [-0.15, -0.1) is 0 Å². The van der Waals surface area contributed by atoms with Crippen molar-refractivity contribution in [2.45, 2.75) is 40.2 Å². The maximum absolute atomic E-state index is 5.86. The zero-order chi connectivity index (χ0) is 15.0. The predicted molar refractivity (Wildman–Crippen MR) is 83.2 cm³/mol. The van der Waals surface area contributed by atoms with Crippen molar-refractivity contribution in [1.29, 1.82) is 0 Å². The Bertz CT molecular complexity index is 397. The third-order valence-corrected chi connectivity index (χ3v) is 2.97. The van der Waals surface area contributed by atoms with Gasteiger partial charge in [0.2, 0.25) is 5.88 Å². The van der Waals surface area contributed by atoms with Gasteiger partial charge in [-0.1, -0.05) is 20.8 Å². The molecule has 3 N–H and O–H groups in total. The first-order valence-electron chi connectivity index (χ1n) is 7.32. The first kappa shape index (κ1) is 16.6. The number of hydrogen-bond donors (Lipinski definition) is 2. The lowest BCUT2D eigenvalue weighted by Crippen LogP contribution is -2.31. The molecule has 0 fully saturated rings. The molecule has 0 saturated heterocycles. The summed E-state index contributed by atoms with van der Waals surface area (Å²) in [6.45, 7) is 10.3. The highest BCUT2D eigenvalue weighted by Crippen LogP contribution is 2.22. The highest BCUT2D eigenvalue weighted by Gasteiger charge is 2.14. The second kappa shape index (κ2) is 8.64. The number of nitrogen functional groups attached to an aromatic ring is 1. The molecule has 1 aromatic rings. The van der Waals surface area contributed by atoms with Crippen molar-refractivity contribution in [3.8, 4) is 5.88 Å². The largest absolute Gasteiger partial charge is 0.476 e. The average molecular weight is 281 g/mol. The molecule has 1 heterocycles. The highest BCUT2D eigenvalue weighted by atomic mass is 16.5. The zero-order valence-electron chi connectivity index (χ0n) is 13.0. The molecule has 0 amide bonds. The number of nitrogens with one attached hydrogen (secondary N) is 1. The lowest BCUT2D eigenvalue weighted by molar-refractivity contribution is 0.126. The van der Waals surface area contributed by atoms with Gasteiger partial charge in [0.05, 0.1) is 24.9 Å². The Hall–Kier alpha value is -1.49. The predicted octanol–water partition coefficient (Wildman–Crippen LogP) is 2.93. The summed E-state index contributed by atoms with van der Waals surface area (Å²) in [4.78, 5) is 4.43. The van der Waals surface area contributed by atoms with Gasteiger partial charge in [-0.2, -0.15) is 4.98 Å². The van der Waals surface area contributed by atoms with Crippen molar-refractivity contribution in [2.75, 3.05) is 30.9 Å². The summed E-state index contributed by atoms with van der Waals surface area (Å²) >= 11 is 0. The molecule has 1 aromatic heterocycles. The topological polar surface area (TPSA) is 69.4 Å². The number of pyridine rings is 1. The minimum Gasteiger partial charge on any atom is -0.476 e. The summed E-state index contributed by atoms with van der Waals surface area (Å²) in [5, 5.41) is 3.39. The zero-order valence-corrected chi connectivity index (χ0v) is 13.0. The number of nitrogens with zero attached hydrogens (tertiary/aromatic N) is 1. The van der Waals surface area contributed by atoms with E-state index in [9.17, 15) is 0 Å². The number of aromatic nitrogens is 1. The second-order valence-corrected chi connectivity index (χ2v) is 5.09. The van der Waals surface area contributed by atoms with Crippen LogP contribution < -0.4 is 15.8 Å². The number of ether oxygens (including phenoxy) is 2. The van der Waals surface area contributed by atoms with Gasteiger partial charge in [-0.25, -0.2) is 0 Å². The van der Waals surface area contributed by atoms with Crippen LogP contribution in [0.15, 0.2) is 12.1 Å². The van der Waals surface area contributed by atoms with Crippen molar-refractivity contribution in [2.24, 2.45) is 5.92 Å². The molecule has 0 aliphatic carbocycles. The Morgan fingerprint density at radius 2 is 2.05 bits per heavy atom. The Morgan fingerprint density at radius 3 is 2.65 bits per heavy atom. The monoisotopic (exact) mass is 281 g/mol. The second-order valence-electron chi connectivity index (χ2n) is 5.09. The van der Waals surface area contributed by atoms with Crippen LogP contribution in [0.3, 0.4) is 0 Å². The lowest BCUT2D eigenvalue weighted by atomic mass is 10.1. The van der Waals surface area contributed by atoms with Crippen LogP contribution in [0.2, 0.25) is 0 Å². The van der Waals surface area contributed by atoms with Crippen LogP contribution in [0.1, 0.15) is 34.1 Å². The van der Waals surface area contributed by atoms with Gasteiger partial charge >= 0.3 is 0 Å². The summed E-state index contributed by atoms with van der Waals surface area (Å²) in [5.41, 5.74) is 6.43. The Balaban J connectivity index is 2.74. The molecule has 1 rings (SSSR count). The van der Waals surface area contributed by atoms with Gasteiger partial charge in [-0.3, -0.25) is 0 Å². The molecule has 0 saturated carbocycles. The van der Waals surface area contributed by atoms with Crippen molar-refractivity contribution in [1.82, 2.24) is 4.98 Å². The van der Waals surface area contributed by atoms with Crippen LogP contribution in [-0.2, 0) is 4.74 Å². The summed E-state index contributed by atoms with van der Waals surface area (Å²) in [7, 11) is 0. The highest BCUT2D eigenvalue weighted by molar-refractivity contribution is 5.53. The molecule has 1 atom stereocenters. The van der Waals surface area contributed by atoms with Crippen molar-refractivity contribution < 1.29 is 9.47 Å². The van der Waals surface area contributed by atoms with E-state index in [1.165, 1.54) is 0 Å². The minimum absolute atomic E-state index is 0.213. The quantitative estimate of drug-likeness (QED) is 0.728. The molecule has 20 heavy (non-hydrogen) atoms. The molecule has 5 heteroatoms. The van der Waals surface area contributed by atoms with Crippen LogP contribution in [0.4, 0.5) is 11.5 Å². The molecule has 0 radical (unpaired) electrons. The van der Waals surface area contributed by atoms with E-state index in [0.717, 1.165) is 12.2 Å². The van der Waals surface area contributed by atoms with E-state index in [1.54, 1.807) is 0 Å². The molecule has 0 bridgehead atoms. The van der Waals surface area contributed by atoms with Gasteiger partial charge in [0.15, 0.2) is 0 Å². The minimum atomic E-state index is 0.213. The molecule has 0 aromatic carbocycles. The van der Waals surface area contributed by atoms with Gasteiger partial charge in [0.1, 0.15) is 5.82 Å². The van der Waals surface area contributed by atoms with Crippen LogP contribution in [0.25, 0.3) is 0 Å². The Labute approximate surface area is 121 Å². The van der Waals surface area contributed by atoms with Crippen LogP contribution in [0.5, 0.6) is 5.88 Å². The summed E-state index contributed by atoms with van der Waals surface area (Å²) < 4.78 is 11.0. The molecule has 114 valence electrons. The van der Waals surface area contributed by atoms with Crippen LogP contribution in [-0.4, -0.2) is 30.8 Å². The van der Waals surface area contributed by atoms with Crippen LogP contribution in [0, 0.1) is 5.92 Å². The van der Waals surface area contributed by atoms with Crippen molar-refractivity contribution in [3.63, 3.8) is 0 Å². The van der Waals surface area contributed by atoms with Gasteiger partial charge in [0.25, 0.3) is 0 Å². The maximum Gasteiger partial charge on any atom is 0.239 e. The molecule has 1 unspecified atom stereocenters. The number of hydrogen-bond acceptors (Lipinski definition) is 5. The van der Waals surface area contributed by atoms with Gasteiger partial charge in [0, 0.05) is 6.61 Å². The summed E-state index contributed by atoms with van der Waals surface area (Å²) in [6.07, 6.45) is 0.928. The van der Waals surface area contributed by atoms with Crippen LogP contribution >= 0.6 is 0 Å². The molecule has 0 aliphatic heterocycles. The summed E-state index contributed by atoms with van der Waals surface area (Å²) in [5.74, 6) is 1.71. The first-order valence-corrected chi connectivity index (χ1v) is 7.32. The summed E-state index contributed by atoms with van der Waals surface area (Å²) in [6, 6.07) is 3.90. The molecule has 0 spiro atoms. The van der Waals surface area contributed by atoms with E-state index in [4.69, 9.17) is 15.2 Å². The Kier molecular flexibility index (Phi) is 7.15. The van der Waals surface area contributed by atoms with E-state index >= 15 is 0 Å². The molecule has 5 nitrogen and oxygen atoms in total. The van der Waals surface area contributed by atoms with Gasteiger partial charge < -0.3 is 20.5 Å². The fourth-order valence-electron chi connectivity index (χ4n) is 1.68. The lowest BCUT2D eigenvalue weighted by Gasteiger charge is -2.23. The Morgan fingerprint density at radius 1 is 1.30 bits per heavy atom. The molecule has 0 aliphatic rings. The first-order chi connectivity index (χ1) is 9.58. The van der Waals surface area contributed by atoms with E-state index in [0.29, 0.717) is 37.3 Å². The number of nitrogens with two attached hydrogens (primary N) is 1.